The number of carbonyl (C=O) groups is 1. The molecule has 0 amide bonds. The number of carboxylic acid groups (broad SMARTS) is 1. The largest absolute Gasteiger partial charge is 0.481 e. The molecule has 1 N–H and O–H groups in total. The first-order valence-corrected chi connectivity index (χ1v) is 9.07. The molecule has 1 atom stereocenters. The summed E-state index contributed by atoms with van der Waals surface area (Å²) in [7, 11) is -1.15. The molecule has 0 spiro atoms. The molecule has 1 aliphatic carbocycles. The molecule has 0 aromatic rings. The molecule has 1 saturated carbocycles. The average Bonchev–Trinajstić information content (AvgIpc) is 2.78. The first kappa shape index (κ1) is 13.8. The maximum absolute atomic E-state index is 11.8. The second-order valence-electron chi connectivity index (χ2n) is 5.19. The third kappa shape index (κ3) is 2.19. The topological polar surface area (TPSA) is 37.3 Å². The lowest BCUT2D eigenvalue weighted by atomic mass is 9.87. The molecule has 0 aromatic heterocycles. The van der Waals surface area contributed by atoms with Gasteiger partial charge in [0.1, 0.15) is 0 Å². The maximum atomic E-state index is 11.8. The zero-order valence-electron chi connectivity index (χ0n) is 11.0. The van der Waals surface area contributed by atoms with Gasteiger partial charge in [-0.15, -0.1) is 0 Å². The first-order chi connectivity index (χ1) is 7.63. The molecular weight excluding hydrogens is 216 g/mol. The third-order valence-electron chi connectivity index (χ3n) is 4.78. The quantitative estimate of drug-likeness (QED) is 0.721. The van der Waals surface area contributed by atoms with Gasteiger partial charge in [-0.05, 0) is 25.2 Å². The van der Waals surface area contributed by atoms with Crippen LogP contribution >= 0.6 is 0 Å². The predicted octanol–water partition coefficient (Wildman–Crippen LogP) is 3.68. The molecule has 1 unspecified atom stereocenters. The summed E-state index contributed by atoms with van der Waals surface area (Å²) >= 11 is 0. The van der Waals surface area contributed by atoms with Crippen LogP contribution in [0.25, 0.3) is 0 Å². The summed E-state index contributed by atoms with van der Waals surface area (Å²) in [6.45, 7) is 6.49. The lowest BCUT2D eigenvalue weighted by Gasteiger charge is -2.40. The van der Waals surface area contributed by atoms with Crippen LogP contribution in [0.3, 0.4) is 0 Å². The molecule has 0 bridgehead atoms. The number of carboxylic acids is 1. The number of hydrogen-bond acceptors (Lipinski definition) is 1. The van der Waals surface area contributed by atoms with Gasteiger partial charge in [0, 0.05) is 0 Å². The van der Waals surface area contributed by atoms with E-state index in [0.717, 1.165) is 31.4 Å². The van der Waals surface area contributed by atoms with Crippen LogP contribution in [0.2, 0.25) is 17.1 Å². The van der Waals surface area contributed by atoms with E-state index in [4.69, 9.17) is 0 Å². The highest BCUT2D eigenvalue weighted by Gasteiger charge is 2.49. The second kappa shape index (κ2) is 5.85. The molecule has 16 heavy (non-hydrogen) atoms. The Labute approximate surface area is 101 Å². The summed E-state index contributed by atoms with van der Waals surface area (Å²) < 4.78 is 0. The van der Waals surface area contributed by atoms with Crippen molar-refractivity contribution in [3.8, 4) is 0 Å². The molecule has 1 fully saturated rings. The molecule has 94 valence electrons. The van der Waals surface area contributed by atoms with Crippen molar-refractivity contribution in [2.24, 2.45) is 5.92 Å². The average molecular weight is 242 g/mol. The highest BCUT2D eigenvalue weighted by atomic mass is 28.3. The minimum Gasteiger partial charge on any atom is -0.481 e. The fourth-order valence-electron chi connectivity index (χ4n) is 3.87. The molecule has 0 aliphatic heterocycles. The summed E-state index contributed by atoms with van der Waals surface area (Å²) in [4.78, 5) is 11.8. The first-order valence-electron chi connectivity index (χ1n) is 6.86. The van der Waals surface area contributed by atoms with E-state index in [2.05, 4.69) is 20.8 Å². The molecule has 1 rings (SSSR count). The molecule has 0 aromatic carbocycles. The van der Waals surface area contributed by atoms with Crippen LogP contribution in [0.15, 0.2) is 0 Å². The highest BCUT2D eigenvalue weighted by molar-refractivity contribution is 6.66. The summed E-state index contributed by atoms with van der Waals surface area (Å²) in [5.41, 5.74) is 0. The molecular formula is C13H26O2Si. The van der Waals surface area contributed by atoms with Gasteiger partial charge in [-0.25, -0.2) is 0 Å². The molecule has 0 radical (unpaired) electrons. The van der Waals surface area contributed by atoms with E-state index < -0.39 is 14.8 Å². The number of aliphatic carboxylic acids is 1. The highest BCUT2D eigenvalue weighted by Crippen LogP contribution is 2.52. The number of rotatable bonds is 6. The zero-order chi connectivity index (χ0) is 12.2. The van der Waals surface area contributed by atoms with Gasteiger partial charge >= 0.3 is 5.97 Å². The van der Waals surface area contributed by atoms with Gasteiger partial charge in [0.2, 0.25) is 0 Å². The summed E-state index contributed by atoms with van der Waals surface area (Å²) in [6, 6.07) is 2.26. The minimum atomic E-state index is -1.15. The van der Waals surface area contributed by atoms with Crippen molar-refractivity contribution in [3.05, 3.63) is 0 Å². The fourth-order valence-corrected chi connectivity index (χ4v) is 7.83. The van der Waals surface area contributed by atoms with Crippen LogP contribution in [0.1, 0.15) is 52.9 Å². The van der Waals surface area contributed by atoms with Crippen LogP contribution in [0, 0.1) is 5.92 Å². The predicted molar refractivity (Wildman–Crippen MR) is 70.7 cm³/mol. The second-order valence-corrected chi connectivity index (χ2v) is 9.25. The van der Waals surface area contributed by atoms with Crippen LogP contribution < -0.4 is 0 Å². The Bertz CT molecular complexity index is 228. The number of hydrogen-bond donors (Lipinski definition) is 1. The zero-order valence-corrected chi connectivity index (χ0v) is 12.1. The van der Waals surface area contributed by atoms with Gasteiger partial charge in [-0.1, -0.05) is 45.7 Å². The van der Waals surface area contributed by atoms with Gasteiger partial charge in [0.15, 0.2) is 0 Å². The van der Waals surface area contributed by atoms with Gasteiger partial charge in [0.05, 0.1) is 13.8 Å². The Morgan fingerprint density at radius 1 is 1.25 bits per heavy atom. The van der Waals surface area contributed by atoms with Crippen molar-refractivity contribution in [2.45, 2.75) is 70.0 Å². The van der Waals surface area contributed by atoms with Crippen molar-refractivity contribution in [1.29, 1.82) is 0 Å². The lowest BCUT2D eigenvalue weighted by molar-refractivity contribution is -0.142. The van der Waals surface area contributed by atoms with Crippen LogP contribution in [-0.2, 0) is 4.79 Å². The molecule has 0 saturated heterocycles. The van der Waals surface area contributed by atoms with Crippen LogP contribution in [-0.4, -0.2) is 19.9 Å². The van der Waals surface area contributed by atoms with Crippen molar-refractivity contribution in [1.82, 2.24) is 0 Å². The van der Waals surface area contributed by atoms with Crippen molar-refractivity contribution in [2.75, 3.05) is 0 Å². The van der Waals surface area contributed by atoms with E-state index >= 15 is 0 Å². The van der Waals surface area contributed by atoms with Gasteiger partial charge < -0.3 is 5.11 Å². The molecule has 2 nitrogen and oxygen atoms in total. The normalized spacial score (nSPS) is 21.2. The van der Waals surface area contributed by atoms with Crippen molar-refractivity contribution < 1.29 is 9.90 Å². The molecule has 0 heterocycles. The van der Waals surface area contributed by atoms with Gasteiger partial charge in [0.25, 0.3) is 0 Å². The fraction of sp³-hybridized carbons (Fsp3) is 0.923. The van der Waals surface area contributed by atoms with Gasteiger partial charge in [-0.3, -0.25) is 4.79 Å². The standard InChI is InChI=1S/C13H26O2Si/c1-4-13(12(14)15,16(5-2)6-3)11-9-7-8-10-11/h11,16H,4-10H2,1-3H3,(H,14,15). The van der Waals surface area contributed by atoms with Crippen LogP contribution in [0.4, 0.5) is 0 Å². The van der Waals surface area contributed by atoms with E-state index in [1.165, 1.54) is 12.8 Å². The molecule has 3 heteroatoms. The maximum Gasteiger partial charge on any atom is 0.306 e. The summed E-state index contributed by atoms with van der Waals surface area (Å²) in [5, 5.41) is 9.45. The summed E-state index contributed by atoms with van der Waals surface area (Å²) in [5.74, 6) is -0.00571. The van der Waals surface area contributed by atoms with E-state index in [0.29, 0.717) is 5.92 Å². The van der Waals surface area contributed by atoms with Crippen molar-refractivity contribution in [3.63, 3.8) is 0 Å². The molecule has 1 aliphatic rings. The smallest absolute Gasteiger partial charge is 0.306 e. The lowest BCUT2D eigenvalue weighted by Crippen LogP contribution is -2.43. The Balaban J connectivity index is 3.01. The summed E-state index contributed by atoms with van der Waals surface area (Å²) in [6.07, 6.45) is 5.65. The van der Waals surface area contributed by atoms with Gasteiger partial charge in [-0.2, -0.15) is 0 Å². The Kier molecular flexibility index (Phi) is 5.03. The van der Waals surface area contributed by atoms with E-state index in [1.807, 2.05) is 0 Å². The Morgan fingerprint density at radius 3 is 2.06 bits per heavy atom. The SMILES string of the molecule is CC[SiH](CC)C(CC)(C(=O)O)C1CCCC1. The van der Waals surface area contributed by atoms with E-state index in [9.17, 15) is 9.90 Å². The van der Waals surface area contributed by atoms with Crippen molar-refractivity contribution >= 4 is 14.8 Å². The minimum absolute atomic E-state index is 0.306. The van der Waals surface area contributed by atoms with E-state index in [1.54, 1.807) is 0 Å². The Morgan fingerprint density at radius 2 is 1.75 bits per heavy atom. The Hall–Kier alpha value is -0.313. The monoisotopic (exact) mass is 242 g/mol. The third-order valence-corrected chi connectivity index (χ3v) is 9.34. The van der Waals surface area contributed by atoms with E-state index in [-0.39, 0.29) is 5.04 Å². The van der Waals surface area contributed by atoms with Crippen LogP contribution in [0.5, 0.6) is 0 Å².